The number of halogens is 4. The van der Waals surface area contributed by atoms with E-state index < -0.39 is 29.0 Å². The molecule has 2 aromatic rings. The lowest BCUT2D eigenvalue weighted by molar-refractivity contribution is 0.0601. The topological polar surface area (TPSA) is 55.4 Å². The zero-order chi connectivity index (χ0) is 17.1. The molecule has 0 heterocycles. The minimum Gasteiger partial charge on any atom is -0.465 e. The van der Waals surface area contributed by atoms with Crippen LogP contribution in [0.15, 0.2) is 24.3 Å². The average Bonchev–Trinajstić information content (AvgIpc) is 2.53. The second-order valence-corrected chi connectivity index (χ2v) is 4.78. The van der Waals surface area contributed by atoms with Gasteiger partial charge in [0.2, 0.25) is 0 Å². The molecular weight excluding hydrogens is 335 g/mol. The van der Waals surface area contributed by atoms with Crippen molar-refractivity contribution in [1.82, 2.24) is 0 Å². The molecule has 0 atom stereocenters. The van der Waals surface area contributed by atoms with Gasteiger partial charge in [0.25, 0.3) is 0 Å². The maximum Gasteiger partial charge on any atom is 0.340 e. The summed E-state index contributed by atoms with van der Waals surface area (Å²) in [6.07, 6.45) is 0.102. The highest BCUT2D eigenvalue weighted by atomic mass is 35.5. The second kappa shape index (κ2) is 6.70. The van der Waals surface area contributed by atoms with Crippen LogP contribution in [0.2, 0.25) is 5.02 Å². The van der Waals surface area contributed by atoms with E-state index in [4.69, 9.17) is 11.6 Å². The maximum atomic E-state index is 13.6. The number of hydrogen-bond donors (Lipinski definition) is 1. The fraction of sp³-hybridized carbons (Fsp3) is 0.0667. The monoisotopic (exact) mass is 343 g/mol. The van der Waals surface area contributed by atoms with Crippen LogP contribution in [0.25, 0.3) is 0 Å². The minimum absolute atomic E-state index is 0.102. The average molecular weight is 344 g/mol. The fourth-order valence-corrected chi connectivity index (χ4v) is 2.03. The van der Waals surface area contributed by atoms with Gasteiger partial charge in [-0.05, 0) is 24.3 Å². The van der Waals surface area contributed by atoms with Gasteiger partial charge in [0.15, 0.2) is 17.9 Å². The number of esters is 1. The molecule has 1 N–H and O–H groups in total. The number of hydrogen-bond acceptors (Lipinski definition) is 4. The minimum atomic E-state index is -1.36. The second-order valence-electron chi connectivity index (χ2n) is 4.37. The number of carbonyl (C=O) groups is 2. The lowest BCUT2D eigenvalue weighted by Crippen LogP contribution is -2.08. The molecule has 0 aliphatic carbocycles. The van der Waals surface area contributed by atoms with Crippen LogP contribution in [0, 0.1) is 17.5 Å². The van der Waals surface area contributed by atoms with E-state index in [1.807, 2.05) is 0 Å². The Hall–Kier alpha value is -2.54. The van der Waals surface area contributed by atoms with E-state index >= 15 is 0 Å². The normalized spacial score (nSPS) is 10.3. The molecule has 4 nitrogen and oxygen atoms in total. The van der Waals surface area contributed by atoms with Crippen molar-refractivity contribution in [3.05, 3.63) is 57.9 Å². The molecule has 0 bridgehead atoms. The third-order valence-corrected chi connectivity index (χ3v) is 3.28. The molecule has 0 fully saturated rings. The molecule has 0 radical (unpaired) electrons. The molecule has 2 aromatic carbocycles. The highest BCUT2D eigenvalue weighted by Gasteiger charge is 2.19. The molecule has 0 saturated carbocycles. The third kappa shape index (κ3) is 3.29. The van der Waals surface area contributed by atoms with Gasteiger partial charge in [-0.25, -0.2) is 18.0 Å². The van der Waals surface area contributed by atoms with Gasteiger partial charge in [-0.15, -0.1) is 0 Å². The molecular formula is C15H9ClF3NO3. The van der Waals surface area contributed by atoms with Crippen LogP contribution in [0.4, 0.5) is 24.5 Å². The first-order valence-electron chi connectivity index (χ1n) is 6.16. The first-order valence-corrected chi connectivity index (χ1v) is 6.54. The summed E-state index contributed by atoms with van der Waals surface area (Å²) in [4.78, 5) is 22.7. The molecule has 23 heavy (non-hydrogen) atoms. The number of carbonyl (C=O) groups excluding carboxylic acids is 2. The Morgan fingerprint density at radius 1 is 1.17 bits per heavy atom. The summed E-state index contributed by atoms with van der Waals surface area (Å²) in [5.41, 5.74) is -1.00. The Labute approximate surface area is 133 Å². The number of ether oxygens (including phenoxy) is 1. The predicted molar refractivity (Wildman–Crippen MR) is 77.8 cm³/mol. The Bertz CT molecular complexity index is 796. The number of aldehydes is 1. The van der Waals surface area contributed by atoms with Gasteiger partial charge < -0.3 is 10.1 Å². The van der Waals surface area contributed by atoms with Crippen LogP contribution >= 0.6 is 11.6 Å². The van der Waals surface area contributed by atoms with E-state index in [2.05, 4.69) is 10.1 Å². The highest BCUT2D eigenvalue weighted by molar-refractivity contribution is 6.31. The Balaban J connectivity index is 2.56. The van der Waals surface area contributed by atoms with E-state index in [0.29, 0.717) is 0 Å². The number of rotatable bonds is 4. The SMILES string of the molecule is COC(=O)c1cc(Cl)c(F)cc1Nc1ccc(F)c(F)c1C=O. The van der Waals surface area contributed by atoms with E-state index in [1.165, 1.54) is 0 Å². The molecule has 0 spiro atoms. The van der Waals surface area contributed by atoms with Gasteiger partial charge in [0.05, 0.1) is 34.6 Å². The van der Waals surface area contributed by atoms with Crippen molar-refractivity contribution in [1.29, 1.82) is 0 Å². The van der Waals surface area contributed by atoms with Crippen LogP contribution in [0.3, 0.4) is 0 Å². The van der Waals surface area contributed by atoms with Gasteiger partial charge in [-0.2, -0.15) is 0 Å². The molecule has 2 rings (SSSR count). The van der Waals surface area contributed by atoms with Crippen LogP contribution in [0.1, 0.15) is 20.7 Å². The molecule has 0 aromatic heterocycles. The van der Waals surface area contributed by atoms with Crippen molar-refractivity contribution in [2.24, 2.45) is 0 Å². The van der Waals surface area contributed by atoms with Gasteiger partial charge in [0, 0.05) is 0 Å². The smallest absolute Gasteiger partial charge is 0.340 e. The summed E-state index contributed by atoms with van der Waals surface area (Å²) >= 11 is 5.62. The highest BCUT2D eigenvalue weighted by Crippen LogP contribution is 2.30. The quantitative estimate of drug-likeness (QED) is 0.671. The number of anilines is 2. The molecule has 0 saturated heterocycles. The van der Waals surface area contributed by atoms with Crippen molar-refractivity contribution in [3.8, 4) is 0 Å². The standard InChI is InChI=1S/C15H9ClF3NO3/c1-23-15(22)7-4-9(16)11(18)5-13(7)20-12-3-2-10(17)14(19)8(12)6-21/h2-6,20H,1H3. The predicted octanol–water partition coefficient (Wildman–Crippen LogP) is 4.10. The first kappa shape index (κ1) is 16.8. The third-order valence-electron chi connectivity index (χ3n) is 2.99. The molecule has 0 amide bonds. The number of benzene rings is 2. The van der Waals surface area contributed by atoms with Crippen molar-refractivity contribution in [2.75, 3.05) is 12.4 Å². The Morgan fingerprint density at radius 3 is 2.48 bits per heavy atom. The summed E-state index contributed by atoms with van der Waals surface area (Å²) in [6, 6.07) is 3.76. The van der Waals surface area contributed by atoms with E-state index in [-0.39, 0.29) is 28.2 Å². The lowest BCUT2D eigenvalue weighted by Gasteiger charge is -2.14. The van der Waals surface area contributed by atoms with Crippen LogP contribution in [-0.2, 0) is 4.74 Å². The van der Waals surface area contributed by atoms with Crippen LogP contribution in [-0.4, -0.2) is 19.4 Å². The van der Waals surface area contributed by atoms with Crippen molar-refractivity contribution < 1.29 is 27.5 Å². The molecule has 0 unspecified atom stereocenters. The molecule has 0 aliphatic rings. The summed E-state index contributed by atoms with van der Waals surface area (Å²) in [5.74, 6) is -4.26. The van der Waals surface area contributed by atoms with Gasteiger partial charge >= 0.3 is 5.97 Å². The Kier molecular flexibility index (Phi) is 4.90. The van der Waals surface area contributed by atoms with Crippen molar-refractivity contribution >= 4 is 35.2 Å². The Morgan fingerprint density at radius 2 is 1.87 bits per heavy atom. The van der Waals surface area contributed by atoms with Crippen molar-refractivity contribution in [3.63, 3.8) is 0 Å². The van der Waals surface area contributed by atoms with Gasteiger partial charge in [0.1, 0.15) is 5.82 Å². The molecule has 120 valence electrons. The van der Waals surface area contributed by atoms with Gasteiger partial charge in [-0.1, -0.05) is 11.6 Å². The zero-order valence-corrected chi connectivity index (χ0v) is 12.4. The largest absolute Gasteiger partial charge is 0.465 e. The molecule has 8 heteroatoms. The summed E-state index contributed by atoms with van der Waals surface area (Å²) in [7, 11) is 1.11. The van der Waals surface area contributed by atoms with E-state index in [0.717, 1.165) is 31.4 Å². The first-order chi connectivity index (χ1) is 10.9. The molecule has 0 aliphatic heterocycles. The number of methoxy groups -OCH3 is 1. The van der Waals surface area contributed by atoms with Crippen LogP contribution in [0.5, 0.6) is 0 Å². The summed E-state index contributed by atoms with van der Waals surface area (Å²) < 4.78 is 44.9. The lowest BCUT2D eigenvalue weighted by atomic mass is 10.1. The zero-order valence-electron chi connectivity index (χ0n) is 11.6. The van der Waals surface area contributed by atoms with Crippen LogP contribution < -0.4 is 5.32 Å². The number of nitrogens with one attached hydrogen (secondary N) is 1. The van der Waals surface area contributed by atoms with Crippen molar-refractivity contribution in [2.45, 2.75) is 0 Å². The van der Waals surface area contributed by atoms with E-state index in [1.54, 1.807) is 0 Å². The maximum absolute atomic E-state index is 13.6. The summed E-state index contributed by atoms with van der Waals surface area (Å²) in [5, 5.41) is 2.18. The van der Waals surface area contributed by atoms with Gasteiger partial charge in [-0.3, -0.25) is 4.79 Å². The summed E-state index contributed by atoms with van der Waals surface area (Å²) in [6.45, 7) is 0. The van der Waals surface area contributed by atoms with E-state index in [9.17, 15) is 22.8 Å². The fourth-order valence-electron chi connectivity index (χ4n) is 1.86.